The maximum atomic E-state index is 12.4. The molecular formula is C21H19BrClNO4S. The maximum Gasteiger partial charge on any atom is 0.287 e. The van der Waals surface area contributed by atoms with Crippen LogP contribution in [-0.2, 0) is 28.9 Å². The Hall–Kier alpha value is -2.09. The van der Waals surface area contributed by atoms with Gasteiger partial charge in [0.05, 0.1) is 12.9 Å². The first-order valence-electron chi connectivity index (χ1n) is 8.73. The second kappa shape index (κ2) is 10.1. The van der Waals surface area contributed by atoms with E-state index in [0.717, 1.165) is 15.6 Å². The van der Waals surface area contributed by atoms with Gasteiger partial charge in [0.1, 0.15) is 11.5 Å². The molecule has 3 aromatic rings. The number of carbonyl (C=O) groups is 1. The molecule has 1 unspecified atom stereocenters. The Morgan fingerprint density at radius 1 is 1.14 bits per heavy atom. The Morgan fingerprint density at radius 3 is 2.62 bits per heavy atom. The van der Waals surface area contributed by atoms with Gasteiger partial charge in [-0.15, -0.1) is 0 Å². The number of methoxy groups -OCH3 is 1. The lowest BCUT2D eigenvalue weighted by atomic mass is 10.2. The van der Waals surface area contributed by atoms with Crippen LogP contribution in [0.3, 0.4) is 0 Å². The van der Waals surface area contributed by atoms with E-state index in [2.05, 4.69) is 21.2 Å². The van der Waals surface area contributed by atoms with Crippen LogP contribution >= 0.6 is 27.5 Å². The van der Waals surface area contributed by atoms with Crippen molar-refractivity contribution < 1.29 is 18.2 Å². The van der Waals surface area contributed by atoms with Crippen LogP contribution in [0.1, 0.15) is 27.4 Å². The molecule has 0 bridgehead atoms. The molecule has 3 rings (SSSR count). The van der Waals surface area contributed by atoms with Gasteiger partial charge in [0.25, 0.3) is 5.91 Å². The van der Waals surface area contributed by atoms with Crippen molar-refractivity contribution in [3.63, 3.8) is 0 Å². The molecule has 1 amide bonds. The summed E-state index contributed by atoms with van der Waals surface area (Å²) in [5.41, 5.74) is 1.77. The highest BCUT2D eigenvalue weighted by molar-refractivity contribution is 9.10. The summed E-state index contributed by atoms with van der Waals surface area (Å²) in [6.45, 7) is 0.292. The summed E-state index contributed by atoms with van der Waals surface area (Å²) in [6.07, 6.45) is 0. The minimum atomic E-state index is -1.16. The van der Waals surface area contributed by atoms with Crippen LogP contribution < -0.4 is 10.1 Å². The molecule has 0 aliphatic heterocycles. The summed E-state index contributed by atoms with van der Waals surface area (Å²) in [4.78, 5) is 12.4. The summed E-state index contributed by atoms with van der Waals surface area (Å²) in [5.74, 6) is 1.64. The summed E-state index contributed by atoms with van der Waals surface area (Å²) >= 11 is 9.27. The number of carbonyl (C=O) groups excluding carboxylic acids is 1. The van der Waals surface area contributed by atoms with Crippen LogP contribution in [0.25, 0.3) is 0 Å². The molecule has 1 heterocycles. The lowest BCUT2D eigenvalue weighted by Gasteiger charge is -2.09. The zero-order valence-electron chi connectivity index (χ0n) is 15.6. The van der Waals surface area contributed by atoms with Crippen molar-refractivity contribution in [2.45, 2.75) is 18.1 Å². The van der Waals surface area contributed by atoms with Crippen molar-refractivity contribution >= 4 is 44.2 Å². The van der Waals surface area contributed by atoms with E-state index >= 15 is 0 Å². The molecule has 0 radical (unpaired) electrons. The molecule has 1 N–H and O–H groups in total. The Kier molecular flexibility index (Phi) is 7.52. The number of furan rings is 1. The molecule has 0 saturated heterocycles. The van der Waals surface area contributed by atoms with E-state index in [1.165, 1.54) is 0 Å². The van der Waals surface area contributed by atoms with Gasteiger partial charge in [-0.2, -0.15) is 0 Å². The minimum absolute atomic E-state index is 0.178. The number of rotatable bonds is 8. The molecule has 2 aromatic carbocycles. The normalized spacial score (nSPS) is 11.8. The van der Waals surface area contributed by atoms with E-state index in [0.29, 0.717) is 28.8 Å². The number of hydrogen-bond acceptors (Lipinski definition) is 4. The third-order valence-corrected chi connectivity index (χ3v) is 6.12. The Bertz CT molecular complexity index is 1020. The fourth-order valence-corrected chi connectivity index (χ4v) is 4.37. The lowest BCUT2D eigenvalue weighted by Crippen LogP contribution is -2.22. The highest BCUT2D eigenvalue weighted by atomic mass is 79.9. The quantitative estimate of drug-likeness (QED) is 0.472. The Balaban J connectivity index is 1.56. The molecule has 0 saturated carbocycles. The predicted octanol–water partition coefficient (Wildman–Crippen LogP) is 5.08. The van der Waals surface area contributed by atoms with Crippen LogP contribution in [0.15, 0.2) is 63.5 Å². The van der Waals surface area contributed by atoms with Gasteiger partial charge in [-0.25, -0.2) is 0 Å². The van der Waals surface area contributed by atoms with Crippen LogP contribution in [0.5, 0.6) is 5.75 Å². The van der Waals surface area contributed by atoms with Gasteiger partial charge in [0.15, 0.2) is 5.76 Å². The fraction of sp³-hybridized carbons (Fsp3) is 0.190. The van der Waals surface area contributed by atoms with Crippen LogP contribution in [0.2, 0.25) is 5.02 Å². The molecule has 1 atom stereocenters. The van der Waals surface area contributed by atoms with E-state index < -0.39 is 10.8 Å². The largest absolute Gasteiger partial charge is 0.496 e. The Labute approximate surface area is 185 Å². The first-order chi connectivity index (χ1) is 13.9. The lowest BCUT2D eigenvalue weighted by molar-refractivity contribution is 0.0921. The van der Waals surface area contributed by atoms with E-state index in [1.54, 1.807) is 31.4 Å². The van der Waals surface area contributed by atoms with Crippen molar-refractivity contribution in [2.75, 3.05) is 7.11 Å². The van der Waals surface area contributed by atoms with Gasteiger partial charge >= 0.3 is 0 Å². The second-order valence-corrected chi connectivity index (χ2v) is 9.07. The zero-order chi connectivity index (χ0) is 20.8. The average molecular weight is 497 g/mol. The summed E-state index contributed by atoms with van der Waals surface area (Å²) < 4.78 is 24.1. The van der Waals surface area contributed by atoms with Crippen molar-refractivity contribution in [3.05, 3.63) is 86.7 Å². The van der Waals surface area contributed by atoms with Crippen molar-refractivity contribution in [2.24, 2.45) is 0 Å². The summed E-state index contributed by atoms with van der Waals surface area (Å²) in [6, 6.07) is 16.1. The Morgan fingerprint density at radius 2 is 1.90 bits per heavy atom. The standard InChI is InChI=1S/C21H19BrClNO4S/c1-27-19-8-4-16(22)10-15(19)11-24-21(25)20-9-7-18(28-20)13-29(26)12-14-2-5-17(23)6-3-14/h2-10H,11-13H2,1H3,(H,24,25). The first-order valence-corrected chi connectivity index (χ1v) is 11.4. The van der Waals surface area contributed by atoms with Crippen LogP contribution in [-0.4, -0.2) is 17.2 Å². The van der Waals surface area contributed by atoms with Gasteiger partial charge < -0.3 is 14.5 Å². The number of hydrogen-bond donors (Lipinski definition) is 1. The monoisotopic (exact) mass is 495 g/mol. The van der Waals surface area contributed by atoms with Crippen molar-refractivity contribution in [1.29, 1.82) is 0 Å². The number of nitrogens with one attached hydrogen (secondary N) is 1. The molecule has 0 aliphatic rings. The van der Waals surface area contributed by atoms with E-state index in [1.807, 2.05) is 30.3 Å². The highest BCUT2D eigenvalue weighted by Gasteiger charge is 2.14. The van der Waals surface area contributed by atoms with E-state index in [-0.39, 0.29) is 17.4 Å². The van der Waals surface area contributed by atoms with Gasteiger partial charge in [-0.05, 0) is 48.0 Å². The molecule has 1 aromatic heterocycles. The third kappa shape index (κ3) is 6.19. The second-order valence-electron chi connectivity index (χ2n) is 6.26. The molecule has 0 spiro atoms. The van der Waals surface area contributed by atoms with Crippen molar-refractivity contribution in [1.82, 2.24) is 5.32 Å². The maximum absolute atomic E-state index is 12.4. The number of benzene rings is 2. The van der Waals surface area contributed by atoms with E-state index in [4.69, 9.17) is 20.8 Å². The number of halogens is 2. The molecule has 152 valence electrons. The topological polar surface area (TPSA) is 68.5 Å². The molecule has 0 fully saturated rings. The SMILES string of the molecule is COc1ccc(Br)cc1CNC(=O)c1ccc(CS(=O)Cc2ccc(Cl)cc2)o1. The summed E-state index contributed by atoms with van der Waals surface area (Å²) in [5, 5.41) is 3.45. The predicted molar refractivity (Wildman–Crippen MR) is 118 cm³/mol. The first kappa shape index (κ1) is 21.6. The average Bonchev–Trinajstić information content (AvgIpc) is 3.16. The highest BCUT2D eigenvalue weighted by Crippen LogP contribution is 2.23. The van der Waals surface area contributed by atoms with E-state index in [9.17, 15) is 9.00 Å². The van der Waals surface area contributed by atoms with Crippen molar-refractivity contribution in [3.8, 4) is 5.75 Å². The van der Waals surface area contributed by atoms with Crippen LogP contribution in [0.4, 0.5) is 0 Å². The molecular weight excluding hydrogens is 478 g/mol. The zero-order valence-corrected chi connectivity index (χ0v) is 18.8. The molecule has 5 nitrogen and oxygen atoms in total. The van der Waals surface area contributed by atoms with Gasteiger partial charge in [-0.3, -0.25) is 9.00 Å². The van der Waals surface area contributed by atoms with Crippen LogP contribution in [0, 0.1) is 0 Å². The molecule has 0 aliphatic carbocycles. The van der Waals surface area contributed by atoms with Gasteiger partial charge in [0.2, 0.25) is 0 Å². The molecule has 29 heavy (non-hydrogen) atoms. The number of amides is 1. The van der Waals surface area contributed by atoms with Gasteiger partial charge in [-0.1, -0.05) is 39.7 Å². The third-order valence-electron chi connectivity index (χ3n) is 4.11. The fourth-order valence-electron chi connectivity index (χ4n) is 2.70. The number of ether oxygens (including phenoxy) is 1. The molecule has 8 heteroatoms. The summed E-state index contributed by atoms with van der Waals surface area (Å²) in [7, 11) is 0.422. The smallest absolute Gasteiger partial charge is 0.287 e. The van der Waals surface area contributed by atoms with Gasteiger partial charge in [0, 0.05) is 38.2 Å². The minimum Gasteiger partial charge on any atom is -0.496 e.